The van der Waals surface area contributed by atoms with Gasteiger partial charge in [0, 0.05) is 14.6 Å². The summed E-state index contributed by atoms with van der Waals surface area (Å²) < 4.78 is 28.5. The number of sulfonamides is 1. The van der Waals surface area contributed by atoms with Crippen LogP contribution in [-0.2, 0) is 10.0 Å². The number of anilines is 2. The smallest absolute Gasteiger partial charge is 0.264 e. The number of nitrogen functional groups attached to an aromatic ring is 1. The summed E-state index contributed by atoms with van der Waals surface area (Å²) in [4.78, 5) is -0.185. The van der Waals surface area contributed by atoms with Crippen molar-refractivity contribution in [1.29, 1.82) is 0 Å². The number of hydrogen-bond acceptors (Lipinski definition) is 3. The second kappa shape index (κ2) is 6.34. The van der Waals surface area contributed by atoms with Gasteiger partial charge in [-0.25, -0.2) is 8.42 Å². The Morgan fingerprint density at radius 1 is 1.05 bits per heavy atom. The first-order valence-electron chi connectivity index (χ1n) is 5.43. The van der Waals surface area contributed by atoms with Crippen LogP contribution < -0.4 is 10.5 Å². The van der Waals surface area contributed by atoms with E-state index in [4.69, 9.17) is 28.9 Å². The maximum Gasteiger partial charge on any atom is 0.264 e. The van der Waals surface area contributed by atoms with Crippen LogP contribution >= 0.6 is 55.1 Å². The number of rotatable bonds is 3. The van der Waals surface area contributed by atoms with Gasteiger partial charge in [-0.15, -0.1) is 0 Å². The van der Waals surface area contributed by atoms with Gasteiger partial charge >= 0.3 is 0 Å². The molecular formula is C12H8Br2Cl2N2O2S. The Labute approximate surface area is 148 Å². The normalized spacial score (nSPS) is 11.4. The van der Waals surface area contributed by atoms with Crippen LogP contribution in [0.25, 0.3) is 0 Å². The first-order valence-corrected chi connectivity index (χ1v) is 9.25. The number of nitrogens with two attached hydrogens (primary N) is 1. The minimum absolute atomic E-state index is 0.0203. The zero-order chi connectivity index (χ0) is 15.8. The van der Waals surface area contributed by atoms with Gasteiger partial charge in [-0.05, 0) is 46.3 Å². The van der Waals surface area contributed by atoms with E-state index < -0.39 is 10.0 Å². The lowest BCUT2D eigenvalue weighted by atomic mass is 10.3. The standard InChI is InChI=1S/C12H8Br2Cl2N2O2S/c13-6-3-9(15)12(10(16)4-6)21(19,20)18-7-1-2-8(14)11(17)5-7/h1-5,18H,17H2. The van der Waals surface area contributed by atoms with Crippen LogP contribution in [0.3, 0.4) is 0 Å². The molecule has 9 heteroatoms. The Balaban J connectivity index is 2.46. The summed E-state index contributed by atoms with van der Waals surface area (Å²) in [5.74, 6) is 0. The van der Waals surface area contributed by atoms with Crippen LogP contribution in [0.4, 0.5) is 11.4 Å². The number of nitrogens with one attached hydrogen (secondary N) is 1. The third-order valence-corrected chi connectivity index (χ3v) is 5.96. The molecule has 0 aliphatic carbocycles. The van der Waals surface area contributed by atoms with Crippen molar-refractivity contribution in [3.05, 3.63) is 49.3 Å². The van der Waals surface area contributed by atoms with Gasteiger partial charge in [-0.2, -0.15) is 0 Å². The van der Waals surface area contributed by atoms with Crippen LogP contribution in [0.5, 0.6) is 0 Å². The molecule has 0 bridgehead atoms. The second-order valence-electron chi connectivity index (χ2n) is 4.04. The topological polar surface area (TPSA) is 72.2 Å². The molecule has 112 valence electrons. The quantitative estimate of drug-likeness (QED) is 0.621. The molecule has 0 aliphatic heterocycles. The van der Waals surface area contributed by atoms with E-state index in [0.717, 1.165) is 0 Å². The summed E-state index contributed by atoms with van der Waals surface area (Å²) in [6.45, 7) is 0. The highest BCUT2D eigenvalue weighted by Crippen LogP contribution is 2.34. The fourth-order valence-electron chi connectivity index (χ4n) is 1.60. The van der Waals surface area contributed by atoms with E-state index in [1.54, 1.807) is 12.1 Å². The van der Waals surface area contributed by atoms with E-state index >= 15 is 0 Å². The summed E-state index contributed by atoms with van der Waals surface area (Å²) in [6.07, 6.45) is 0. The van der Waals surface area contributed by atoms with Crippen molar-refractivity contribution in [2.45, 2.75) is 4.90 Å². The molecule has 0 saturated heterocycles. The lowest BCUT2D eigenvalue weighted by Crippen LogP contribution is -2.14. The molecule has 4 nitrogen and oxygen atoms in total. The molecule has 0 aliphatic rings. The van der Waals surface area contributed by atoms with Crippen molar-refractivity contribution >= 4 is 76.5 Å². The number of halogens is 4. The molecule has 0 radical (unpaired) electrons. The lowest BCUT2D eigenvalue weighted by molar-refractivity contribution is 0.601. The molecule has 0 saturated carbocycles. The van der Waals surface area contributed by atoms with Crippen LogP contribution in [0, 0.1) is 0 Å². The zero-order valence-electron chi connectivity index (χ0n) is 10.2. The van der Waals surface area contributed by atoms with Crippen LogP contribution in [0.2, 0.25) is 10.0 Å². The fraction of sp³-hybridized carbons (Fsp3) is 0. The number of hydrogen-bond donors (Lipinski definition) is 2. The SMILES string of the molecule is Nc1cc(NS(=O)(=O)c2c(Cl)cc(Br)cc2Cl)ccc1Br. The maximum absolute atomic E-state index is 12.4. The fourth-order valence-corrected chi connectivity index (χ4v) is 4.83. The molecule has 0 atom stereocenters. The van der Waals surface area contributed by atoms with E-state index in [1.165, 1.54) is 18.2 Å². The van der Waals surface area contributed by atoms with Crippen molar-refractivity contribution in [3.63, 3.8) is 0 Å². The Hall–Kier alpha value is -0.470. The Kier molecular flexibility index (Phi) is 5.10. The third kappa shape index (κ3) is 3.84. The van der Waals surface area contributed by atoms with Gasteiger partial charge in [0.25, 0.3) is 10.0 Å². The highest BCUT2D eigenvalue weighted by Gasteiger charge is 2.22. The molecule has 0 heterocycles. The molecule has 21 heavy (non-hydrogen) atoms. The van der Waals surface area contributed by atoms with Gasteiger partial charge in [0.05, 0.1) is 15.7 Å². The molecule has 2 aromatic rings. The largest absolute Gasteiger partial charge is 0.398 e. The Morgan fingerprint density at radius 2 is 1.62 bits per heavy atom. The van der Waals surface area contributed by atoms with Crippen LogP contribution in [0.15, 0.2) is 44.2 Å². The van der Waals surface area contributed by atoms with Gasteiger partial charge in [-0.3, -0.25) is 4.72 Å². The molecule has 0 aromatic heterocycles. The maximum atomic E-state index is 12.4. The average Bonchev–Trinajstić information content (AvgIpc) is 2.31. The van der Waals surface area contributed by atoms with Crippen molar-refractivity contribution in [1.82, 2.24) is 0 Å². The minimum Gasteiger partial charge on any atom is -0.398 e. The van der Waals surface area contributed by atoms with Gasteiger partial charge in [0.2, 0.25) is 0 Å². The average molecular weight is 475 g/mol. The summed E-state index contributed by atoms with van der Waals surface area (Å²) >= 11 is 18.4. The molecule has 2 aromatic carbocycles. The highest BCUT2D eigenvalue weighted by atomic mass is 79.9. The molecule has 0 unspecified atom stereocenters. The molecule has 0 spiro atoms. The van der Waals surface area contributed by atoms with E-state index in [9.17, 15) is 8.42 Å². The van der Waals surface area contributed by atoms with Crippen molar-refractivity contribution < 1.29 is 8.42 Å². The molecule has 0 amide bonds. The summed E-state index contributed by atoms with van der Waals surface area (Å²) in [6, 6.07) is 7.61. The van der Waals surface area contributed by atoms with E-state index in [2.05, 4.69) is 36.6 Å². The second-order valence-corrected chi connectivity index (χ2v) is 8.24. The Morgan fingerprint density at radius 3 is 2.14 bits per heavy atom. The van der Waals surface area contributed by atoms with Crippen LogP contribution in [-0.4, -0.2) is 8.42 Å². The monoisotopic (exact) mass is 472 g/mol. The van der Waals surface area contributed by atoms with Gasteiger partial charge in [-0.1, -0.05) is 39.1 Å². The highest BCUT2D eigenvalue weighted by molar-refractivity contribution is 9.10. The van der Waals surface area contributed by atoms with Gasteiger partial charge < -0.3 is 5.73 Å². The summed E-state index contributed by atoms with van der Waals surface area (Å²) in [5.41, 5.74) is 6.43. The van der Waals surface area contributed by atoms with Crippen LogP contribution in [0.1, 0.15) is 0 Å². The summed E-state index contributed by atoms with van der Waals surface area (Å²) in [5, 5.41) is 0.0407. The molecule has 2 rings (SSSR count). The molecule has 0 fully saturated rings. The number of benzene rings is 2. The van der Waals surface area contributed by atoms with Crippen molar-refractivity contribution in [3.8, 4) is 0 Å². The van der Waals surface area contributed by atoms with E-state index in [-0.39, 0.29) is 14.9 Å². The first-order chi connectivity index (χ1) is 9.70. The third-order valence-electron chi connectivity index (χ3n) is 2.48. The lowest BCUT2D eigenvalue weighted by Gasteiger charge is -2.12. The van der Waals surface area contributed by atoms with Gasteiger partial charge in [0.1, 0.15) is 4.90 Å². The van der Waals surface area contributed by atoms with Crippen molar-refractivity contribution in [2.75, 3.05) is 10.5 Å². The minimum atomic E-state index is -3.93. The predicted molar refractivity (Wildman–Crippen MR) is 93.5 cm³/mol. The molecule has 3 N–H and O–H groups in total. The summed E-state index contributed by atoms with van der Waals surface area (Å²) in [7, 11) is -3.93. The van der Waals surface area contributed by atoms with Gasteiger partial charge in [0.15, 0.2) is 0 Å². The zero-order valence-corrected chi connectivity index (χ0v) is 15.7. The Bertz CT molecular complexity index is 790. The predicted octanol–water partition coefficient (Wildman–Crippen LogP) is 4.90. The van der Waals surface area contributed by atoms with E-state index in [1.807, 2.05) is 0 Å². The molecular weight excluding hydrogens is 467 g/mol. The first kappa shape index (κ1) is 16.9. The van der Waals surface area contributed by atoms with Crippen molar-refractivity contribution in [2.24, 2.45) is 0 Å². The van der Waals surface area contributed by atoms with E-state index in [0.29, 0.717) is 20.3 Å².